The number of hydrogen-bond donors (Lipinski definition) is 1. The topological polar surface area (TPSA) is 46.2 Å². The molecule has 4 rings (SSSR count). The molecule has 0 heterocycles. The molecule has 1 N–H and O–H groups in total. The molecule has 31 heavy (non-hydrogen) atoms. The molecule has 2 fully saturated rings. The van der Waals surface area contributed by atoms with Gasteiger partial charge in [-0.3, -0.25) is 9.59 Å². The molecule has 3 heteroatoms. The highest BCUT2D eigenvalue weighted by atomic mass is 16.1. The van der Waals surface area contributed by atoms with Crippen LogP contribution >= 0.6 is 0 Å². The minimum absolute atomic E-state index is 0.0423. The Balaban J connectivity index is 1.30. The van der Waals surface area contributed by atoms with Crippen molar-refractivity contribution >= 4 is 11.7 Å². The summed E-state index contributed by atoms with van der Waals surface area (Å²) in [6, 6.07) is 10.1. The summed E-state index contributed by atoms with van der Waals surface area (Å²) >= 11 is 0. The summed E-state index contributed by atoms with van der Waals surface area (Å²) in [5.74, 6) is 2.12. The zero-order chi connectivity index (χ0) is 21.5. The van der Waals surface area contributed by atoms with E-state index in [0.29, 0.717) is 31.0 Å². The predicted octanol–water partition coefficient (Wildman–Crippen LogP) is 6.47. The third-order valence-electron chi connectivity index (χ3n) is 7.61. The van der Waals surface area contributed by atoms with Gasteiger partial charge in [0.05, 0.1) is 6.04 Å². The quantitative estimate of drug-likeness (QED) is 0.525. The van der Waals surface area contributed by atoms with Crippen LogP contribution in [0, 0.1) is 17.8 Å². The zero-order valence-electron chi connectivity index (χ0n) is 18.7. The molecule has 166 valence electrons. The second kappa shape index (κ2) is 10.9. The Morgan fingerprint density at radius 3 is 2.55 bits per heavy atom. The van der Waals surface area contributed by atoms with Crippen LogP contribution in [0.2, 0.25) is 0 Å². The van der Waals surface area contributed by atoms with Crippen molar-refractivity contribution < 1.29 is 9.59 Å². The second-order valence-corrected chi connectivity index (χ2v) is 9.66. The number of allylic oxidation sites excluding steroid dienone is 2. The van der Waals surface area contributed by atoms with Crippen molar-refractivity contribution in [3.05, 3.63) is 59.7 Å². The SMILES string of the molecule is O=C(CCCC(=O)C1CCCC2CCCCC21)NC(C1=CCCC=C1)c1ccccc1. The molecule has 2 saturated carbocycles. The largest absolute Gasteiger partial charge is 0.345 e. The fourth-order valence-corrected chi connectivity index (χ4v) is 6.03. The molecular weight excluding hydrogens is 382 g/mol. The molecule has 4 atom stereocenters. The Morgan fingerprint density at radius 2 is 1.74 bits per heavy atom. The molecule has 0 aliphatic heterocycles. The summed E-state index contributed by atoms with van der Waals surface area (Å²) in [4.78, 5) is 25.8. The van der Waals surface area contributed by atoms with Gasteiger partial charge in [-0.1, -0.05) is 80.7 Å². The number of hydrogen-bond acceptors (Lipinski definition) is 2. The molecule has 1 amide bonds. The lowest BCUT2D eigenvalue weighted by molar-refractivity contribution is -0.127. The van der Waals surface area contributed by atoms with Crippen LogP contribution in [0.3, 0.4) is 0 Å². The first-order valence-electron chi connectivity index (χ1n) is 12.5. The Kier molecular flexibility index (Phi) is 7.77. The van der Waals surface area contributed by atoms with E-state index >= 15 is 0 Å². The minimum Gasteiger partial charge on any atom is -0.345 e. The molecule has 0 bridgehead atoms. The summed E-state index contributed by atoms with van der Waals surface area (Å²) in [6.45, 7) is 0. The average molecular weight is 420 g/mol. The Morgan fingerprint density at radius 1 is 0.935 bits per heavy atom. The summed E-state index contributed by atoms with van der Waals surface area (Å²) < 4.78 is 0. The summed E-state index contributed by atoms with van der Waals surface area (Å²) in [7, 11) is 0. The molecule has 0 radical (unpaired) electrons. The van der Waals surface area contributed by atoms with Crippen molar-refractivity contribution in [3.8, 4) is 0 Å². The van der Waals surface area contributed by atoms with Gasteiger partial charge in [0.1, 0.15) is 5.78 Å². The Bertz CT molecular complexity index is 808. The van der Waals surface area contributed by atoms with Gasteiger partial charge in [-0.05, 0) is 55.1 Å². The van der Waals surface area contributed by atoms with Crippen LogP contribution in [-0.2, 0) is 9.59 Å². The van der Waals surface area contributed by atoms with Crippen molar-refractivity contribution in [2.45, 2.75) is 83.1 Å². The molecule has 0 spiro atoms. The van der Waals surface area contributed by atoms with E-state index in [-0.39, 0.29) is 17.9 Å². The molecule has 3 aliphatic rings. The maximum atomic E-state index is 13.0. The highest BCUT2D eigenvalue weighted by Gasteiger charge is 2.37. The lowest BCUT2D eigenvalue weighted by Gasteiger charge is -2.40. The highest BCUT2D eigenvalue weighted by molar-refractivity contribution is 5.82. The van der Waals surface area contributed by atoms with Crippen LogP contribution in [0.25, 0.3) is 0 Å². The van der Waals surface area contributed by atoms with E-state index in [1.54, 1.807) is 0 Å². The third-order valence-corrected chi connectivity index (χ3v) is 7.61. The van der Waals surface area contributed by atoms with Gasteiger partial charge in [0.25, 0.3) is 0 Å². The number of fused-ring (bicyclic) bond motifs is 1. The van der Waals surface area contributed by atoms with E-state index < -0.39 is 0 Å². The van der Waals surface area contributed by atoms with Crippen LogP contribution < -0.4 is 5.32 Å². The first kappa shape index (κ1) is 22.0. The zero-order valence-corrected chi connectivity index (χ0v) is 18.7. The molecule has 3 aliphatic carbocycles. The fraction of sp³-hybridized carbons (Fsp3) is 0.571. The average Bonchev–Trinajstić information content (AvgIpc) is 2.83. The standard InChI is InChI=1S/C28H37NO2/c30-26(25-18-9-16-21-11-7-8-17-24(21)25)19-10-20-27(31)29-28(22-12-3-1-4-13-22)23-14-5-2-6-15-23/h1,3-5,12-15,21,24-25,28H,2,6-11,16-20H2,(H,29,31). The van der Waals surface area contributed by atoms with Crippen molar-refractivity contribution in [2.75, 3.05) is 0 Å². The highest BCUT2D eigenvalue weighted by Crippen LogP contribution is 2.44. The first-order chi connectivity index (χ1) is 15.2. The number of Topliss-reactive ketones (excluding diaryl/α,β-unsaturated/α-hetero) is 1. The van der Waals surface area contributed by atoms with E-state index in [1.807, 2.05) is 18.2 Å². The van der Waals surface area contributed by atoms with Crippen LogP contribution in [0.1, 0.15) is 88.7 Å². The molecule has 0 aromatic heterocycles. The van der Waals surface area contributed by atoms with Gasteiger partial charge in [0, 0.05) is 18.8 Å². The number of ketones is 1. The molecule has 1 aromatic carbocycles. The summed E-state index contributed by atoms with van der Waals surface area (Å²) in [5, 5.41) is 3.23. The Hall–Kier alpha value is -2.16. The predicted molar refractivity (Wildman–Crippen MR) is 125 cm³/mol. The maximum Gasteiger partial charge on any atom is 0.220 e. The number of nitrogens with one attached hydrogen (secondary N) is 1. The molecule has 4 unspecified atom stereocenters. The van der Waals surface area contributed by atoms with Crippen molar-refractivity contribution in [2.24, 2.45) is 17.8 Å². The normalized spacial score (nSPS) is 26.5. The van der Waals surface area contributed by atoms with E-state index in [4.69, 9.17) is 0 Å². The van der Waals surface area contributed by atoms with Gasteiger partial charge in [-0.2, -0.15) is 0 Å². The van der Waals surface area contributed by atoms with Crippen LogP contribution in [-0.4, -0.2) is 11.7 Å². The number of rotatable bonds is 8. The first-order valence-corrected chi connectivity index (χ1v) is 12.5. The van der Waals surface area contributed by atoms with E-state index in [2.05, 4.69) is 35.7 Å². The molecule has 1 aromatic rings. The molecule has 0 saturated heterocycles. The van der Waals surface area contributed by atoms with Gasteiger partial charge in [-0.15, -0.1) is 0 Å². The lowest BCUT2D eigenvalue weighted by atomic mass is 9.64. The number of carbonyl (C=O) groups is 2. The Labute approximate surface area is 187 Å². The summed E-state index contributed by atoms with van der Waals surface area (Å²) in [5.41, 5.74) is 2.27. The smallest absolute Gasteiger partial charge is 0.220 e. The van der Waals surface area contributed by atoms with E-state index in [0.717, 1.165) is 36.3 Å². The van der Waals surface area contributed by atoms with Gasteiger partial charge in [0.15, 0.2) is 0 Å². The fourth-order valence-electron chi connectivity index (χ4n) is 6.03. The lowest BCUT2D eigenvalue weighted by Crippen LogP contribution is -2.35. The van der Waals surface area contributed by atoms with Gasteiger partial charge < -0.3 is 5.32 Å². The van der Waals surface area contributed by atoms with E-state index in [1.165, 1.54) is 38.5 Å². The minimum atomic E-state index is -0.109. The number of benzene rings is 1. The molecule has 3 nitrogen and oxygen atoms in total. The van der Waals surface area contributed by atoms with Crippen LogP contribution in [0.15, 0.2) is 54.1 Å². The van der Waals surface area contributed by atoms with Gasteiger partial charge in [-0.25, -0.2) is 0 Å². The second-order valence-electron chi connectivity index (χ2n) is 9.66. The molecular formula is C28H37NO2. The van der Waals surface area contributed by atoms with Crippen LogP contribution in [0.5, 0.6) is 0 Å². The van der Waals surface area contributed by atoms with Gasteiger partial charge in [0.2, 0.25) is 5.91 Å². The monoisotopic (exact) mass is 419 g/mol. The van der Waals surface area contributed by atoms with E-state index in [9.17, 15) is 9.59 Å². The van der Waals surface area contributed by atoms with Crippen LogP contribution in [0.4, 0.5) is 0 Å². The van der Waals surface area contributed by atoms with Crippen molar-refractivity contribution in [1.29, 1.82) is 0 Å². The third kappa shape index (κ3) is 5.75. The summed E-state index contributed by atoms with van der Waals surface area (Å²) in [6.07, 6.45) is 19.1. The van der Waals surface area contributed by atoms with Crippen molar-refractivity contribution in [1.82, 2.24) is 5.32 Å². The number of amides is 1. The van der Waals surface area contributed by atoms with Gasteiger partial charge >= 0.3 is 0 Å². The van der Waals surface area contributed by atoms with Crippen molar-refractivity contribution in [3.63, 3.8) is 0 Å². The number of carbonyl (C=O) groups excluding carboxylic acids is 2. The maximum absolute atomic E-state index is 13.0.